The maximum atomic E-state index is 12.7. The van der Waals surface area contributed by atoms with Crippen molar-refractivity contribution in [1.82, 2.24) is 4.90 Å². The number of amides is 2. The lowest BCUT2D eigenvalue weighted by Crippen LogP contribution is -2.27. The number of carbonyl (C=O) groups is 2. The standard InChI is InChI=1S/C22H15ClN2O5S/c1-13-5-6-16(25(28)29)10-18(13)19-8-7-17(30-19)11-20-21(26)24(22(27)31-20)12-14-3-2-4-15(23)9-14/h2-11H,12H2,1H3/b20-11-. The van der Waals surface area contributed by atoms with E-state index < -0.39 is 10.8 Å². The lowest BCUT2D eigenvalue weighted by atomic mass is 10.1. The second-order valence-corrected chi connectivity index (χ2v) is 8.29. The number of hydrogen-bond acceptors (Lipinski definition) is 6. The van der Waals surface area contributed by atoms with E-state index in [2.05, 4.69) is 0 Å². The smallest absolute Gasteiger partial charge is 0.293 e. The summed E-state index contributed by atoms with van der Waals surface area (Å²) in [5, 5.41) is 11.2. The van der Waals surface area contributed by atoms with Gasteiger partial charge in [0.2, 0.25) is 0 Å². The van der Waals surface area contributed by atoms with E-state index in [-0.39, 0.29) is 22.4 Å². The van der Waals surface area contributed by atoms with Crippen LogP contribution in [0.1, 0.15) is 16.9 Å². The van der Waals surface area contributed by atoms with E-state index in [1.807, 2.05) is 6.92 Å². The van der Waals surface area contributed by atoms with Crippen LogP contribution in [0.2, 0.25) is 5.02 Å². The van der Waals surface area contributed by atoms with Gasteiger partial charge in [0, 0.05) is 28.8 Å². The zero-order valence-electron chi connectivity index (χ0n) is 16.2. The number of thioether (sulfide) groups is 1. The molecule has 7 nitrogen and oxygen atoms in total. The Morgan fingerprint density at radius 3 is 2.71 bits per heavy atom. The van der Waals surface area contributed by atoms with Crippen LogP contribution in [0.4, 0.5) is 10.5 Å². The molecule has 0 N–H and O–H groups in total. The van der Waals surface area contributed by atoms with E-state index in [0.717, 1.165) is 27.8 Å². The van der Waals surface area contributed by atoms with Crippen molar-refractivity contribution >= 4 is 46.3 Å². The summed E-state index contributed by atoms with van der Waals surface area (Å²) in [5.74, 6) is 0.388. The van der Waals surface area contributed by atoms with Gasteiger partial charge in [-0.2, -0.15) is 0 Å². The number of furan rings is 1. The van der Waals surface area contributed by atoms with Gasteiger partial charge in [-0.05, 0) is 54.1 Å². The second kappa shape index (κ2) is 8.41. The van der Waals surface area contributed by atoms with Crippen LogP contribution in [0, 0.1) is 17.0 Å². The minimum Gasteiger partial charge on any atom is -0.457 e. The van der Waals surface area contributed by atoms with Crippen molar-refractivity contribution in [2.24, 2.45) is 0 Å². The third-order valence-electron chi connectivity index (χ3n) is 4.70. The summed E-state index contributed by atoms with van der Waals surface area (Å²) < 4.78 is 5.79. The Kier molecular flexibility index (Phi) is 5.67. The van der Waals surface area contributed by atoms with E-state index in [0.29, 0.717) is 22.1 Å². The van der Waals surface area contributed by atoms with Gasteiger partial charge in [0.05, 0.1) is 16.4 Å². The highest BCUT2D eigenvalue weighted by atomic mass is 35.5. The Balaban J connectivity index is 1.57. The SMILES string of the molecule is Cc1ccc([N+](=O)[O-])cc1-c1ccc(/C=C2\SC(=O)N(Cc3cccc(Cl)c3)C2=O)o1. The Hall–Kier alpha value is -3.36. The summed E-state index contributed by atoms with van der Waals surface area (Å²) >= 11 is 6.81. The fraction of sp³-hybridized carbons (Fsp3) is 0.0909. The number of halogens is 1. The van der Waals surface area contributed by atoms with Crippen LogP contribution < -0.4 is 0 Å². The number of non-ortho nitro benzene ring substituents is 1. The highest BCUT2D eigenvalue weighted by Crippen LogP contribution is 2.35. The number of hydrogen-bond donors (Lipinski definition) is 0. The van der Waals surface area contributed by atoms with Crippen LogP contribution in [-0.4, -0.2) is 21.0 Å². The molecule has 0 spiro atoms. The highest BCUT2D eigenvalue weighted by molar-refractivity contribution is 8.18. The molecule has 0 radical (unpaired) electrons. The third-order valence-corrected chi connectivity index (χ3v) is 5.84. The normalized spacial score (nSPS) is 15.2. The molecule has 1 aliphatic heterocycles. The van der Waals surface area contributed by atoms with E-state index >= 15 is 0 Å². The fourth-order valence-electron chi connectivity index (χ4n) is 3.15. The molecule has 4 rings (SSSR count). The van der Waals surface area contributed by atoms with Crippen molar-refractivity contribution < 1.29 is 18.9 Å². The molecular weight excluding hydrogens is 440 g/mol. The molecule has 9 heteroatoms. The van der Waals surface area contributed by atoms with E-state index in [9.17, 15) is 19.7 Å². The molecular formula is C22H15ClN2O5S. The molecule has 31 heavy (non-hydrogen) atoms. The summed E-state index contributed by atoms with van der Waals surface area (Å²) in [7, 11) is 0. The molecule has 1 saturated heterocycles. The number of benzene rings is 2. The highest BCUT2D eigenvalue weighted by Gasteiger charge is 2.35. The minimum absolute atomic E-state index is 0.0410. The molecule has 1 aliphatic rings. The second-order valence-electron chi connectivity index (χ2n) is 6.86. The minimum atomic E-state index is -0.470. The Morgan fingerprint density at radius 1 is 1.16 bits per heavy atom. The quantitative estimate of drug-likeness (QED) is 0.264. The van der Waals surface area contributed by atoms with Crippen LogP contribution >= 0.6 is 23.4 Å². The van der Waals surface area contributed by atoms with Crippen molar-refractivity contribution in [3.8, 4) is 11.3 Å². The molecule has 0 bridgehead atoms. The van der Waals surface area contributed by atoms with Gasteiger partial charge in [-0.1, -0.05) is 29.8 Å². The van der Waals surface area contributed by atoms with Crippen molar-refractivity contribution in [3.63, 3.8) is 0 Å². The third kappa shape index (κ3) is 4.40. The zero-order chi connectivity index (χ0) is 22.1. The fourth-order valence-corrected chi connectivity index (χ4v) is 4.18. The number of carbonyl (C=O) groups excluding carboxylic acids is 2. The molecule has 2 amide bonds. The number of rotatable bonds is 5. The number of imide groups is 1. The predicted octanol–water partition coefficient (Wildman–Crippen LogP) is 6.05. The topological polar surface area (TPSA) is 93.7 Å². The molecule has 0 saturated carbocycles. The molecule has 156 valence electrons. The van der Waals surface area contributed by atoms with Crippen LogP contribution in [0.5, 0.6) is 0 Å². The first kappa shape index (κ1) is 20.9. The molecule has 2 aromatic carbocycles. The monoisotopic (exact) mass is 454 g/mol. The first-order valence-electron chi connectivity index (χ1n) is 9.17. The van der Waals surface area contributed by atoms with Crippen molar-refractivity contribution in [3.05, 3.63) is 91.5 Å². The van der Waals surface area contributed by atoms with Gasteiger partial charge < -0.3 is 4.42 Å². The molecule has 1 fully saturated rings. The summed E-state index contributed by atoms with van der Waals surface area (Å²) in [5.41, 5.74) is 2.11. The predicted molar refractivity (Wildman–Crippen MR) is 119 cm³/mol. The maximum Gasteiger partial charge on any atom is 0.293 e. The summed E-state index contributed by atoms with van der Waals surface area (Å²) in [6.07, 6.45) is 1.50. The first-order chi connectivity index (χ1) is 14.8. The van der Waals surface area contributed by atoms with E-state index in [1.54, 1.807) is 42.5 Å². The number of nitrogens with zero attached hydrogens (tertiary/aromatic N) is 2. The van der Waals surface area contributed by atoms with E-state index in [1.165, 1.54) is 18.2 Å². The Labute approximate surface area is 186 Å². The first-order valence-corrected chi connectivity index (χ1v) is 10.4. The number of aryl methyl sites for hydroxylation is 1. The van der Waals surface area contributed by atoms with Gasteiger partial charge in [0.15, 0.2) is 0 Å². The largest absolute Gasteiger partial charge is 0.457 e. The molecule has 0 atom stereocenters. The average molecular weight is 455 g/mol. The summed E-state index contributed by atoms with van der Waals surface area (Å²) in [6, 6.07) is 14.8. The Morgan fingerprint density at radius 2 is 1.97 bits per heavy atom. The molecule has 0 unspecified atom stereocenters. The molecule has 2 heterocycles. The Bertz CT molecular complexity index is 1250. The summed E-state index contributed by atoms with van der Waals surface area (Å²) in [4.78, 5) is 37.1. The van der Waals surface area contributed by atoms with Crippen LogP contribution in [0.15, 0.2) is 63.9 Å². The van der Waals surface area contributed by atoms with Gasteiger partial charge in [-0.25, -0.2) is 0 Å². The number of nitro benzene ring substituents is 1. The van der Waals surface area contributed by atoms with Gasteiger partial charge in [0.25, 0.3) is 16.8 Å². The number of nitro groups is 1. The molecule has 1 aromatic heterocycles. The van der Waals surface area contributed by atoms with Crippen molar-refractivity contribution in [1.29, 1.82) is 0 Å². The van der Waals surface area contributed by atoms with Crippen LogP contribution in [0.3, 0.4) is 0 Å². The molecule has 3 aromatic rings. The van der Waals surface area contributed by atoms with E-state index in [4.69, 9.17) is 16.0 Å². The lowest BCUT2D eigenvalue weighted by molar-refractivity contribution is -0.384. The summed E-state index contributed by atoms with van der Waals surface area (Å²) in [6.45, 7) is 1.95. The van der Waals surface area contributed by atoms with Gasteiger partial charge >= 0.3 is 0 Å². The zero-order valence-corrected chi connectivity index (χ0v) is 17.8. The van der Waals surface area contributed by atoms with Gasteiger partial charge in [-0.3, -0.25) is 24.6 Å². The van der Waals surface area contributed by atoms with Crippen LogP contribution in [-0.2, 0) is 11.3 Å². The van der Waals surface area contributed by atoms with Crippen molar-refractivity contribution in [2.45, 2.75) is 13.5 Å². The van der Waals surface area contributed by atoms with Crippen LogP contribution in [0.25, 0.3) is 17.4 Å². The molecule has 0 aliphatic carbocycles. The van der Waals surface area contributed by atoms with Gasteiger partial charge in [0.1, 0.15) is 11.5 Å². The average Bonchev–Trinajstić information content (AvgIpc) is 3.28. The van der Waals surface area contributed by atoms with Gasteiger partial charge in [-0.15, -0.1) is 0 Å². The van der Waals surface area contributed by atoms with Crippen molar-refractivity contribution in [2.75, 3.05) is 0 Å². The lowest BCUT2D eigenvalue weighted by Gasteiger charge is -2.12. The maximum absolute atomic E-state index is 12.7.